The van der Waals surface area contributed by atoms with Crippen molar-refractivity contribution in [2.24, 2.45) is 11.7 Å². The highest BCUT2D eigenvalue weighted by Gasteiger charge is 2.33. The number of rotatable bonds is 3. The Morgan fingerprint density at radius 2 is 1.73 bits per heavy atom. The average Bonchev–Trinajstić information content (AvgIpc) is 3.57. The van der Waals surface area contributed by atoms with Gasteiger partial charge in [-0.15, -0.1) is 0 Å². The number of primary amides is 1. The highest BCUT2D eigenvalue weighted by Crippen LogP contribution is 2.26. The second kappa shape index (κ2) is 13.9. The van der Waals surface area contributed by atoms with Crippen LogP contribution in [0.2, 0.25) is 0 Å². The van der Waals surface area contributed by atoms with Crippen LogP contribution in [0.5, 0.6) is 0 Å². The molecule has 0 spiro atoms. The number of aromatic nitrogens is 5. The van der Waals surface area contributed by atoms with Crippen molar-refractivity contribution in [3.8, 4) is 0 Å². The zero-order chi connectivity index (χ0) is 21.6. The van der Waals surface area contributed by atoms with Gasteiger partial charge >= 0.3 is 0 Å². The van der Waals surface area contributed by atoms with E-state index in [9.17, 15) is 4.79 Å². The molecule has 4 N–H and O–H groups in total. The SMILES string of the molecule is C1CC2OCCC2O1.CC.NC(=O)c1ccn[nH]1.c1n[nH]nc1CC1CCCCC1. The number of aromatic amines is 2. The lowest BCUT2D eigenvalue weighted by Gasteiger charge is -2.19. The lowest BCUT2D eigenvalue weighted by Crippen LogP contribution is -2.13. The zero-order valence-corrected chi connectivity index (χ0v) is 18.2. The molecule has 2 saturated heterocycles. The minimum absolute atomic E-state index is 0.338. The molecule has 1 aliphatic carbocycles. The molecule has 3 aliphatic rings. The normalized spacial score (nSPS) is 22.5. The van der Waals surface area contributed by atoms with E-state index < -0.39 is 5.91 Å². The highest BCUT2D eigenvalue weighted by atomic mass is 16.6. The smallest absolute Gasteiger partial charge is 0.266 e. The Hall–Kier alpha value is -2.26. The van der Waals surface area contributed by atoms with Crippen LogP contribution in [-0.4, -0.2) is 56.9 Å². The zero-order valence-electron chi connectivity index (χ0n) is 18.2. The van der Waals surface area contributed by atoms with Crippen molar-refractivity contribution >= 4 is 5.91 Å². The molecule has 30 heavy (non-hydrogen) atoms. The summed E-state index contributed by atoms with van der Waals surface area (Å²) in [6, 6.07) is 1.52. The second-order valence-corrected chi connectivity index (χ2v) is 7.40. The van der Waals surface area contributed by atoms with Crippen molar-refractivity contribution in [3.63, 3.8) is 0 Å². The molecule has 2 aliphatic heterocycles. The van der Waals surface area contributed by atoms with Gasteiger partial charge in [-0.05, 0) is 31.2 Å². The van der Waals surface area contributed by atoms with Crippen molar-refractivity contribution in [2.45, 2.75) is 77.4 Å². The first-order valence-electron chi connectivity index (χ1n) is 11.1. The predicted octanol–water partition coefficient (Wildman–Crippen LogP) is 3.03. The number of nitrogens with zero attached hydrogens (tertiary/aromatic N) is 3. The van der Waals surface area contributed by atoms with Gasteiger partial charge < -0.3 is 15.2 Å². The van der Waals surface area contributed by atoms with E-state index in [-0.39, 0.29) is 0 Å². The van der Waals surface area contributed by atoms with Crippen molar-refractivity contribution in [2.75, 3.05) is 13.2 Å². The number of hydrogen-bond acceptors (Lipinski definition) is 6. The topological polar surface area (TPSA) is 132 Å². The van der Waals surface area contributed by atoms with Gasteiger partial charge in [-0.2, -0.15) is 20.5 Å². The van der Waals surface area contributed by atoms with E-state index >= 15 is 0 Å². The minimum atomic E-state index is -0.484. The summed E-state index contributed by atoms with van der Waals surface area (Å²) in [6.45, 7) is 5.82. The van der Waals surface area contributed by atoms with Crippen LogP contribution in [0, 0.1) is 5.92 Å². The van der Waals surface area contributed by atoms with Crippen molar-refractivity contribution in [1.29, 1.82) is 0 Å². The molecule has 4 heterocycles. The summed E-state index contributed by atoms with van der Waals surface area (Å²) in [5.74, 6) is 0.381. The van der Waals surface area contributed by atoms with Crippen molar-refractivity contribution < 1.29 is 14.3 Å². The summed E-state index contributed by atoms with van der Waals surface area (Å²) < 4.78 is 10.7. The number of amides is 1. The Balaban J connectivity index is 0.000000158. The minimum Gasteiger partial charge on any atom is -0.375 e. The van der Waals surface area contributed by atoms with E-state index in [4.69, 9.17) is 15.2 Å². The number of carbonyl (C=O) groups excluding carboxylic acids is 1. The fourth-order valence-corrected chi connectivity index (χ4v) is 3.83. The van der Waals surface area contributed by atoms with Gasteiger partial charge in [0, 0.05) is 19.4 Å². The Kier molecular flexibility index (Phi) is 11.1. The Morgan fingerprint density at radius 1 is 1.07 bits per heavy atom. The van der Waals surface area contributed by atoms with Crippen LogP contribution in [0.25, 0.3) is 0 Å². The van der Waals surface area contributed by atoms with Gasteiger partial charge in [0.25, 0.3) is 5.91 Å². The van der Waals surface area contributed by atoms with E-state index in [0.29, 0.717) is 17.9 Å². The van der Waals surface area contributed by atoms with Gasteiger partial charge in [-0.3, -0.25) is 9.89 Å². The summed E-state index contributed by atoms with van der Waals surface area (Å²) in [6.07, 6.45) is 14.6. The third-order valence-corrected chi connectivity index (χ3v) is 5.34. The predicted molar refractivity (Wildman–Crippen MR) is 114 cm³/mol. The van der Waals surface area contributed by atoms with Gasteiger partial charge in [0.1, 0.15) is 5.69 Å². The number of ether oxygens (including phenoxy) is 2. The molecule has 9 heteroatoms. The molecule has 5 rings (SSSR count). The molecule has 3 fully saturated rings. The van der Waals surface area contributed by atoms with Crippen LogP contribution in [0.4, 0.5) is 0 Å². The fraction of sp³-hybridized carbons (Fsp3) is 0.714. The van der Waals surface area contributed by atoms with E-state index in [1.165, 1.54) is 44.4 Å². The number of H-pyrrole nitrogens is 2. The van der Waals surface area contributed by atoms with Crippen molar-refractivity contribution in [1.82, 2.24) is 25.6 Å². The molecular weight excluding hydrogens is 384 g/mol. The van der Waals surface area contributed by atoms with Gasteiger partial charge in [0.05, 0.1) is 24.1 Å². The first-order valence-corrected chi connectivity index (χ1v) is 11.1. The average molecular weight is 421 g/mol. The first kappa shape index (κ1) is 24.0. The van der Waals surface area contributed by atoms with E-state index in [1.807, 2.05) is 20.0 Å². The van der Waals surface area contributed by atoms with Gasteiger partial charge in [0.15, 0.2) is 0 Å². The van der Waals surface area contributed by atoms with Crippen LogP contribution in [0.15, 0.2) is 18.5 Å². The molecule has 0 radical (unpaired) electrons. The highest BCUT2D eigenvalue weighted by molar-refractivity contribution is 5.90. The van der Waals surface area contributed by atoms with Gasteiger partial charge in [-0.1, -0.05) is 46.0 Å². The summed E-state index contributed by atoms with van der Waals surface area (Å²) in [4.78, 5) is 10.2. The van der Waals surface area contributed by atoms with Crippen LogP contribution in [0.1, 0.15) is 75.0 Å². The van der Waals surface area contributed by atoms with Gasteiger partial charge in [0.2, 0.25) is 0 Å². The molecule has 2 aromatic rings. The van der Waals surface area contributed by atoms with E-state index in [0.717, 1.165) is 44.1 Å². The molecular formula is C21H36N6O3. The standard InChI is InChI=1S/C9H15N3.C6H10O2.C4H5N3O.C2H6/c1-2-4-8(5-3-1)6-9-7-10-12-11-9;1-3-7-6-2-4-8-5(1)6;5-4(8)3-1-2-6-7-3;1-2/h7-8H,1-6H2,(H,10,11,12);5-6H,1-4H2;1-2H,(H2,5,8)(H,6,7);1-2H3. The second-order valence-electron chi connectivity index (χ2n) is 7.40. The van der Waals surface area contributed by atoms with Crippen LogP contribution in [0.3, 0.4) is 0 Å². The molecule has 2 aromatic heterocycles. The number of fused-ring (bicyclic) bond motifs is 1. The van der Waals surface area contributed by atoms with Crippen LogP contribution < -0.4 is 5.73 Å². The molecule has 0 bridgehead atoms. The van der Waals surface area contributed by atoms with Crippen molar-refractivity contribution in [3.05, 3.63) is 29.8 Å². The molecule has 1 amide bonds. The van der Waals surface area contributed by atoms with E-state index in [2.05, 4.69) is 25.6 Å². The molecule has 1 saturated carbocycles. The monoisotopic (exact) mass is 420 g/mol. The number of nitrogens with two attached hydrogens (primary N) is 1. The molecule has 9 nitrogen and oxygen atoms in total. The summed E-state index contributed by atoms with van der Waals surface area (Å²) in [5.41, 5.74) is 6.31. The maximum absolute atomic E-state index is 10.2. The number of nitrogens with one attached hydrogen (secondary N) is 2. The first-order chi connectivity index (χ1) is 14.7. The number of hydrogen-bond donors (Lipinski definition) is 3. The molecule has 2 atom stereocenters. The fourth-order valence-electron chi connectivity index (χ4n) is 3.83. The largest absolute Gasteiger partial charge is 0.375 e. The Morgan fingerprint density at radius 3 is 2.20 bits per heavy atom. The Labute approximate surface area is 178 Å². The quantitative estimate of drug-likeness (QED) is 0.699. The third kappa shape index (κ3) is 8.23. The number of carbonyl (C=O) groups is 1. The summed E-state index contributed by atoms with van der Waals surface area (Å²) >= 11 is 0. The third-order valence-electron chi connectivity index (χ3n) is 5.34. The van der Waals surface area contributed by atoms with E-state index in [1.54, 1.807) is 0 Å². The van der Waals surface area contributed by atoms with Crippen LogP contribution >= 0.6 is 0 Å². The molecule has 2 unspecified atom stereocenters. The molecule has 168 valence electrons. The maximum atomic E-state index is 10.2. The Bertz CT molecular complexity index is 651. The maximum Gasteiger partial charge on any atom is 0.266 e. The lowest BCUT2D eigenvalue weighted by molar-refractivity contribution is 0.0732. The van der Waals surface area contributed by atoms with Crippen LogP contribution in [-0.2, 0) is 15.9 Å². The summed E-state index contributed by atoms with van der Waals surface area (Å²) in [5, 5.41) is 16.5. The molecule has 0 aromatic carbocycles. The van der Waals surface area contributed by atoms with Gasteiger partial charge in [-0.25, -0.2) is 0 Å². The summed E-state index contributed by atoms with van der Waals surface area (Å²) in [7, 11) is 0. The lowest BCUT2D eigenvalue weighted by atomic mass is 9.86.